The van der Waals surface area contributed by atoms with Crippen LogP contribution in [-0.4, -0.2) is 43.3 Å². The fourth-order valence-corrected chi connectivity index (χ4v) is 6.01. The molecule has 2 aromatic carbocycles. The minimum Gasteiger partial charge on any atom is -0.493 e. The Bertz CT molecular complexity index is 1080. The Morgan fingerprint density at radius 1 is 1.17 bits per heavy atom. The van der Waals surface area contributed by atoms with Gasteiger partial charge in [0.05, 0.1) is 12.6 Å². The van der Waals surface area contributed by atoms with Crippen LogP contribution in [-0.2, 0) is 11.2 Å². The molecule has 188 valence electrons. The second-order valence-electron chi connectivity index (χ2n) is 11.1. The molecule has 3 aliphatic heterocycles. The SMILES string of the molecule is CCCCOc1ccc(F)cc1-c1ccc2c(c1)CC(C)(C)C2NC(=O)O[C@H]1CN2CCC1CC2. The van der Waals surface area contributed by atoms with Crippen molar-refractivity contribution in [2.75, 3.05) is 26.2 Å². The van der Waals surface area contributed by atoms with E-state index in [1.165, 1.54) is 11.6 Å². The molecule has 0 aromatic heterocycles. The summed E-state index contributed by atoms with van der Waals surface area (Å²) in [6.45, 7) is 10.2. The van der Waals surface area contributed by atoms with E-state index in [4.69, 9.17) is 9.47 Å². The van der Waals surface area contributed by atoms with Gasteiger partial charge < -0.3 is 14.8 Å². The summed E-state index contributed by atoms with van der Waals surface area (Å²) in [5.41, 5.74) is 3.82. The van der Waals surface area contributed by atoms with Gasteiger partial charge in [-0.1, -0.05) is 45.4 Å². The first-order chi connectivity index (χ1) is 16.8. The third-order valence-corrected chi connectivity index (χ3v) is 8.01. The Kier molecular flexibility index (Phi) is 6.75. The number of carbonyl (C=O) groups is 1. The highest BCUT2D eigenvalue weighted by Gasteiger charge is 2.42. The molecule has 6 heteroatoms. The van der Waals surface area contributed by atoms with Crippen LogP contribution >= 0.6 is 0 Å². The Morgan fingerprint density at radius 3 is 2.69 bits per heavy atom. The normalized spacial score (nSPS) is 26.3. The molecule has 3 saturated heterocycles. The van der Waals surface area contributed by atoms with E-state index in [2.05, 4.69) is 43.1 Å². The zero-order valence-corrected chi connectivity index (χ0v) is 21.1. The predicted molar refractivity (Wildman–Crippen MR) is 135 cm³/mol. The first-order valence-corrected chi connectivity index (χ1v) is 13.1. The first kappa shape index (κ1) is 24.1. The Morgan fingerprint density at radius 2 is 1.97 bits per heavy atom. The van der Waals surface area contributed by atoms with Crippen molar-refractivity contribution in [1.82, 2.24) is 10.2 Å². The van der Waals surface area contributed by atoms with Crippen molar-refractivity contribution in [2.45, 2.75) is 65.0 Å². The molecule has 0 saturated carbocycles. The molecule has 2 aromatic rings. The summed E-state index contributed by atoms with van der Waals surface area (Å²) >= 11 is 0. The van der Waals surface area contributed by atoms with Crippen LogP contribution in [0.1, 0.15) is 63.6 Å². The number of carbonyl (C=O) groups excluding carboxylic acids is 1. The summed E-state index contributed by atoms with van der Waals surface area (Å²) in [6.07, 6.45) is 4.71. The molecule has 1 aliphatic carbocycles. The number of benzene rings is 2. The van der Waals surface area contributed by atoms with Crippen LogP contribution in [0, 0.1) is 17.2 Å². The number of nitrogens with zero attached hydrogens (tertiary/aromatic N) is 1. The molecular weight excluding hydrogens is 443 g/mol. The number of fused-ring (bicyclic) bond motifs is 4. The molecule has 1 amide bonds. The number of rotatable bonds is 7. The number of unbranched alkanes of at least 4 members (excludes halogenated alkanes) is 1. The summed E-state index contributed by atoms with van der Waals surface area (Å²) in [6, 6.07) is 10.8. The van der Waals surface area contributed by atoms with Gasteiger partial charge in [-0.05, 0) is 85.0 Å². The molecule has 35 heavy (non-hydrogen) atoms. The maximum absolute atomic E-state index is 14.2. The van der Waals surface area contributed by atoms with Gasteiger partial charge in [0.2, 0.25) is 0 Å². The van der Waals surface area contributed by atoms with Crippen LogP contribution in [0.5, 0.6) is 5.75 Å². The second kappa shape index (κ2) is 9.81. The van der Waals surface area contributed by atoms with Crippen LogP contribution in [0.25, 0.3) is 11.1 Å². The Balaban J connectivity index is 1.34. The van der Waals surface area contributed by atoms with E-state index in [0.29, 0.717) is 18.3 Å². The highest BCUT2D eigenvalue weighted by molar-refractivity contribution is 5.73. The van der Waals surface area contributed by atoms with E-state index in [1.807, 2.05) is 6.07 Å². The van der Waals surface area contributed by atoms with Gasteiger partial charge in [-0.25, -0.2) is 9.18 Å². The summed E-state index contributed by atoms with van der Waals surface area (Å²) in [5, 5.41) is 3.18. The average molecular weight is 481 g/mol. The van der Waals surface area contributed by atoms with Crippen LogP contribution in [0.2, 0.25) is 0 Å². The first-order valence-electron chi connectivity index (χ1n) is 13.1. The van der Waals surface area contributed by atoms with Crippen molar-refractivity contribution < 1.29 is 18.7 Å². The minimum atomic E-state index is -0.324. The van der Waals surface area contributed by atoms with Crippen LogP contribution in [0.4, 0.5) is 9.18 Å². The number of halogens is 1. The molecule has 2 bridgehead atoms. The smallest absolute Gasteiger partial charge is 0.407 e. The van der Waals surface area contributed by atoms with E-state index in [1.54, 1.807) is 12.1 Å². The largest absolute Gasteiger partial charge is 0.493 e. The zero-order chi connectivity index (χ0) is 24.6. The quantitative estimate of drug-likeness (QED) is 0.486. The third kappa shape index (κ3) is 5.04. The van der Waals surface area contributed by atoms with E-state index in [-0.39, 0.29) is 29.5 Å². The number of nitrogens with one attached hydrogen (secondary N) is 1. The lowest BCUT2D eigenvalue weighted by Gasteiger charge is -2.44. The molecule has 5 nitrogen and oxygen atoms in total. The molecule has 6 rings (SSSR count). The summed E-state index contributed by atoms with van der Waals surface area (Å²) < 4.78 is 26.0. The monoisotopic (exact) mass is 480 g/mol. The summed E-state index contributed by atoms with van der Waals surface area (Å²) in [5.74, 6) is 0.906. The summed E-state index contributed by atoms with van der Waals surface area (Å²) in [4.78, 5) is 15.3. The maximum Gasteiger partial charge on any atom is 0.407 e. The van der Waals surface area contributed by atoms with Gasteiger partial charge in [-0.2, -0.15) is 0 Å². The number of alkyl carbamates (subject to hydrolysis) is 1. The molecule has 4 aliphatic rings. The second-order valence-corrected chi connectivity index (χ2v) is 11.1. The van der Waals surface area contributed by atoms with Crippen molar-refractivity contribution in [1.29, 1.82) is 0 Å². The number of amides is 1. The van der Waals surface area contributed by atoms with Gasteiger partial charge in [0.15, 0.2) is 0 Å². The van der Waals surface area contributed by atoms with Crippen molar-refractivity contribution in [3.05, 3.63) is 53.3 Å². The Hall–Kier alpha value is -2.60. The molecule has 0 spiro atoms. The van der Waals surface area contributed by atoms with Gasteiger partial charge in [0.25, 0.3) is 0 Å². The van der Waals surface area contributed by atoms with Crippen molar-refractivity contribution in [3.8, 4) is 16.9 Å². The number of hydrogen-bond donors (Lipinski definition) is 1. The van der Waals surface area contributed by atoms with Crippen LogP contribution in [0.3, 0.4) is 0 Å². The molecule has 1 N–H and O–H groups in total. The van der Waals surface area contributed by atoms with Gasteiger partial charge in [-0.3, -0.25) is 4.90 Å². The predicted octanol–water partition coefficient (Wildman–Crippen LogP) is 6.12. The zero-order valence-electron chi connectivity index (χ0n) is 21.1. The van der Waals surface area contributed by atoms with Crippen molar-refractivity contribution >= 4 is 6.09 Å². The van der Waals surface area contributed by atoms with Gasteiger partial charge in [-0.15, -0.1) is 0 Å². The topological polar surface area (TPSA) is 50.8 Å². The molecule has 3 heterocycles. The minimum absolute atomic E-state index is 0.0111. The summed E-state index contributed by atoms with van der Waals surface area (Å²) in [7, 11) is 0. The molecule has 1 unspecified atom stereocenters. The van der Waals surface area contributed by atoms with Crippen molar-refractivity contribution in [3.63, 3.8) is 0 Å². The van der Waals surface area contributed by atoms with E-state index in [0.717, 1.165) is 68.4 Å². The lowest BCUT2D eigenvalue weighted by Crippen LogP contribution is -2.53. The van der Waals surface area contributed by atoms with Gasteiger partial charge >= 0.3 is 6.09 Å². The fourth-order valence-electron chi connectivity index (χ4n) is 6.01. The van der Waals surface area contributed by atoms with Crippen molar-refractivity contribution in [2.24, 2.45) is 11.3 Å². The van der Waals surface area contributed by atoms with E-state index in [9.17, 15) is 9.18 Å². The van der Waals surface area contributed by atoms with Crippen LogP contribution in [0.15, 0.2) is 36.4 Å². The molecular formula is C29H37FN2O3. The van der Waals surface area contributed by atoms with Crippen LogP contribution < -0.4 is 10.1 Å². The average Bonchev–Trinajstić information content (AvgIpc) is 3.09. The van der Waals surface area contributed by atoms with E-state index < -0.39 is 0 Å². The lowest BCUT2D eigenvalue weighted by atomic mass is 9.85. The van der Waals surface area contributed by atoms with E-state index >= 15 is 0 Å². The maximum atomic E-state index is 14.2. The Labute approximate surface area is 208 Å². The highest BCUT2D eigenvalue weighted by atomic mass is 19.1. The number of ether oxygens (including phenoxy) is 2. The standard InChI is InChI=1S/C29H37FN2O3/c1-4-5-14-34-25-9-7-22(30)16-24(25)20-6-8-23-21(15-20)17-29(2,3)27(23)31-28(33)35-26-18-32-12-10-19(26)11-13-32/h6-9,15-16,19,26-27H,4-5,10-14,17-18H2,1-3H3,(H,31,33)/t26-,27?/m0/s1. The number of piperidine rings is 3. The fraction of sp³-hybridized carbons (Fsp3) is 0.552. The number of hydrogen-bond acceptors (Lipinski definition) is 4. The lowest BCUT2D eigenvalue weighted by molar-refractivity contribution is -0.0348. The molecule has 3 fully saturated rings. The molecule has 0 radical (unpaired) electrons. The molecule has 2 atom stereocenters. The van der Waals surface area contributed by atoms with Gasteiger partial charge in [0, 0.05) is 12.1 Å². The highest BCUT2D eigenvalue weighted by Crippen LogP contribution is 2.47. The third-order valence-electron chi connectivity index (χ3n) is 8.01. The van der Waals surface area contributed by atoms with Gasteiger partial charge in [0.1, 0.15) is 17.7 Å².